The van der Waals surface area contributed by atoms with Crippen molar-refractivity contribution in [2.75, 3.05) is 33.2 Å². The highest BCUT2D eigenvalue weighted by Crippen LogP contribution is 2.27. The Labute approximate surface area is 213 Å². The minimum absolute atomic E-state index is 0.478. The van der Waals surface area contributed by atoms with Gasteiger partial charge in [-0.25, -0.2) is 0 Å². The van der Waals surface area contributed by atoms with E-state index in [1.807, 2.05) is 97.9 Å². The first-order chi connectivity index (χ1) is 18.1. The van der Waals surface area contributed by atoms with Crippen LogP contribution in [0.5, 0.6) is 11.5 Å². The summed E-state index contributed by atoms with van der Waals surface area (Å²) >= 11 is 0. The van der Waals surface area contributed by atoms with Crippen LogP contribution < -0.4 is 14.4 Å². The van der Waals surface area contributed by atoms with Gasteiger partial charge in [-0.3, -0.25) is 0 Å². The van der Waals surface area contributed by atoms with E-state index in [1.165, 1.54) is 0 Å². The van der Waals surface area contributed by atoms with Gasteiger partial charge >= 0.3 is 0 Å². The van der Waals surface area contributed by atoms with E-state index >= 15 is 0 Å². The van der Waals surface area contributed by atoms with Gasteiger partial charge < -0.3 is 14.4 Å². The number of anilines is 1. The summed E-state index contributed by atoms with van der Waals surface area (Å²) in [6, 6.07) is 23.1. The van der Waals surface area contributed by atoms with E-state index in [2.05, 4.69) is 31.1 Å². The Kier molecular flexibility index (Phi) is 6.58. The van der Waals surface area contributed by atoms with Crippen LogP contribution in [-0.2, 0) is 0 Å². The van der Waals surface area contributed by atoms with Crippen molar-refractivity contribution < 1.29 is 9.47 Å². The molecule has 0 amide bonds. The Balaban J connectivity index is 1.65. The molecule has 0 saturated heterocycles. The molecule has 0 aliphatic rings. The lowest BCUT2D eigenvalue weighted by molar-refractivity contribution is 0.414. The minimum atomic E-state index is 0.478. The average molecular weight is 496 g/mol. The van der Waals surface area contributed by atoms with Crippen LogP contribution in [0.1, 0.15) is 17.2 Å². The van der Waals surface area contributed by atoms with Crippen molar-refractivity contribution in [3.63, 3.8) is 0 Å². The molecule has 0 N–H and O–H groups in total. The van der Waals surface area contributed by atoms with Crippen molar-refractivity contribution in [3.8, 4) is 22.9 Å². The molecule has 0 fully saturated rings. The lowest BCUT2D eigenvalue weighted by Crippen LogP contribution is -2.09. The number of hydrogen-bond acceptors (Lipinski definition) is 9. The third-order valence-corrected chi connectivity index (χ3v) is 5.78. The zero-order chi connectivity index (χ0) is 25.8. The highest BCUT2D eigenvalue weighted by Gasteiger charge is 2.22. The molecule has 0 aliphatic heterocycles. The predicted molar refractivity (Wildman–Crippen MR) is 139 cm³/mol. The number of tetrazole rings is 2. The van der Waals surface area contributed by atoms with E-state index in [1.54, 1.807) is 23.6 Å². The Morgan fingerprint density at radius 2 is 1.14 bits per heavy atom. The summed E-state index contributed by atoms with van der Waals surface area (Å²) in [6.45, 7) is 0. The van der Waals surface area contributed by atoms with Crippen LogP contribution in [0, 0.1) is 0 Å². The summed E-state index contributed by atoms with van der Waals surface area (Å²) in [4.78, 5) is 2.04. The van der Waals surface area contributed by atoms with E-state index in [4.69, 9.17) is 9.47 Å². The van der Waals surface area contributed by atoms with Gasteiger partial charge in [-0.15, -0.1) is 10.2 Å². The Hall–Kier alpha value is -5.06. The van der Waals surface area contributed by atoms with Crippen molar-refractivity contribution in [1.82, 2.24) is 40.4 Å². The third-order valence-electron chi connectivity index (χ3n) is 5.78. The number of aromatic nitrogens is 8. The Morgan fingerprint density at radius 1 is 0.676 bits per heavy atom. The van der Waals surface area contributed by atoms with Gasteiger partial charge in [0.15, 0.2) is 11.6 Å². The van der Waals surface area contributed by atoms with Gasteiger partial charge in [-0.05, 0) is 93.2 Å². The molecule has 5 aromatic rings. The molecular formula is C26H25N9O2. The second-order valence-electron chi connectivity index (χ2n) is 8.27. The smallest absolute Gasteiger partial charge is 0.190 e. The lowest BCUT2D eigenvalue weighted by Gasteiger charge is -2.13. The van der Waals surface area contributed by atoms with Crippen molar-refractivity contribution >= 4 is 17.3 Å². The Bertz CT molecular complexity index is 1420. The van der Waals surface area contributed by atoms with Gasteiger partial charge in [-0.1, -0.05) is 12.1 Å². The van der Waals surface area contributed by atoms with E-state index < -0.39 is 0 Å². The van der Waals surface area contributed by atoms with Crippen LogP contribution in [0.15, 0.2) is 72.8 Å². The van der Waals surface area contributed by atoms with Crippen molar-refractivity contribution in [1.29, 1.82) is 0 Å². The lowest BCUT2D eigenvalue weighted by atomic mass is 10.1. The van der Waals surface area contributed by atoms with Crippen LogP contribution >= 0.6 is 0 Å². The standard InChI is InChI=1S/C26H25N9O2/c1-33(2)19-7-5-18(6-8-19)17-24(25-27-29-31-34(25)20-9-13-22(36-3)14-10-20)26-28-30-32-35(26)21-11-15-23(37-4)16-12-21/h5-17H,1-4H3. The highest BCUT2D eigenvalue weighted by atomic mass is 16.5. The molecule has 0 saturated carbocycles. The van der Waals surface area contributed by atoms with Gasteiger partial charge in [0.25, 0.3) is 0 Å². The van der Waals surface area contributed by atoms with Gasteiger partial charge in [0.05, 0.1) is 31.2 Å². The molecule has 0 radical (unpaired) electrons. The molecule has 0 unspecified atom stereocenters. The second-order valence-corrected chi connectivity index (χ2v) is 8.27. The summed E-state index contributed by atoms with van der Waals surface area (Å²) in [6.07, 6.45) is 1.97. The zero-order valence-corrected chi connectivity index (χ0v) is 20.8. The maximum atomic E-state index is 5.30. The summed E-state index contributed by atoms with van der Waals surface area (Å²) in [5.41, 5.74) is 4.19. The molecule has 0 aliphatic carbocycles. The molecule has 0 bridgehead atoms. The van der Waals surface area contributed by atoms with Gasteiger partial charge in [0, 0.05) is 19.8 Å². The maximum Gasteiger partial charge on any atom is 0.190 e. The number of methoxy groups -OCH3 is 2. The molecule has 2 heterocycles. The molecule has 11 nitrogen and oxygen atoms in total. The first-order valence-corrected chi connectivity index (χ1v) is 11.4. The fourth-order valence-electron chi connectivity index (χ4n) is 3.77. The van der Waals surface area contributed by atoms with Gasteiger partial charge in [0.1, 0.15) is 11.5 Å². The number of rotatable bonds is 8. The average Bonchev–Trinajstić information content (AvgIpc) is 3.63. The monoisotopic (exact) mass is 495 g/mol. The summed E-state index contributed by atoms with van der Waals surface area (Å²) in [5.74, 6) is 2.43. The van der Waals surface area contributed by atoms with Crippen molar-refractivity contribution in [3.05, 3.63) is 90.0 Å². The summed E-state index contributed by atoms with van der Waals surface area (Å²) in [7, 11) is 7.25. The molecule has 11 heteroatoms. The largest absolute Gasteiger partial charge is 0.497 e. The van der Waals surface area contributed by atoms with E-state index in [0.29, 0.717) is 17.2 Å². The molecule has 5 rings (SSSR count). The third kappa shape index (κ3) is 4.87. The van der Waals surface area contributed by atoms with Crippen LogP contribution in [0.25, 0.3) is 23.0 Å². The van der Waals surface area contributed by atoms with Gasteiger partial charge in [0.2, 0.25) is 0 Å². The molecule has 2 aromatic heterocycles. The Morgan fingerprint density at radius 3 is 1.54 bits per heavy atom. The van der Waals surface area contributed by atoms with E-state index in [9.17, 15) is 0 Å². The number of ether oxygens (including phenoxy) is 2. The van der Waals surface area contributed by atoms with Crippen molar-refractivity contribution in [2.24, 2.45) is 0 Å². The number of benzene rings is 3. The topological polar surface area (TPSA) is 109 Å². The van der Waals surface area contributed by atoms with Crippen LogP contribution in [0.3, 0.4) is 0 Å². The maximum absolute atomic E-state index is 5.30. The van der Waals surface area contributed by atoms with Crippen LogP contribution in [-0.4, -0.2) is 68.7 Å². The second kappa shape index (κ2) is 10.3. The highest BCUT2D eigenvalue weighted by molar-refractivity contribution is 5.87. The quantitative estimate of drug-likeness (QED) is 0.320. The zero-order valence-electron chi connectivity index (χ0n) is 20.8. The molecular weight excluding hydrogens is 470 g/mol. The summed E-state index contributed by atoms with van der Waals surface area (Å²) < 4.78 is 13.9. The predicted octanol–water partition coefficient (Wildman–Crippen LogP) is 3.31. The SMILES string of the molecule is COc1ccc(-n2nnnc2C(=Cc2ccc(N(C)C)cc2)c2nnnn2-c2ccc(OC)cc2)cc1. The van der Waals surface area contributed by atoms with Crippen LogP contribution in [0.4, 0.5) is 5.69 Å². The summed E-state index contributed by atoms with van der Waals surface area (Å²) in [5, 5.41) is 25.2. The number of nitrogens with zero attached hydrogens (tertiary/aromatic N) is 9. The molecule has 37 heavy (non-hydrogen) atoms. The van der Waals surface area contributed by atoms with E-state index in [0.717, 1.165) is 34.1 Å². The molecule has 186 valence electrons. The first-order valence-electron chi connectivity index (χ1n) is 11.4. The molecule has 3 aromatic carbocycles. The van der Waals surface area contributed by atoms with Gasteiger partial charge in [-0.2, -0.15) is 9.36 Å². The normalized spacial score (nSPS) is 10.7. The van der Waals surface area contributed by atoms with E-state index in [-0.39, 0.29) is 0 Å². The fraction of sp³-hybridized carbons (Fsp3) is 0.154. The fourth-order valence-corrected chi connectivity index (χ4v) is 3.77. The van der Waals surface area contributed by atoms with Crippen molar-refractivity contribution in [2.45, 2.75) is 0 Å². The number of hydrogen-bond donors (Lipinski definition) is 0. The first kappa shape index (κ1) is 23.7. The molecule has 0 atom stereocenters. The minimum Gasteiger partial charge on any atom is -0.497 e. The van der Waals surface area contributed by atoms with Crippen LogP contribution in [0.2, 0.25) is 0 Å². The molecule has 0 spiro atoms.